The maximum Gasteiger partial charge on any atom is 0 e. The molecule has 0 aliphatic heterocycles. The zero-order valence-corrected chi connectivity index (χ0v) is 11.5. The minimum Gasteiger partial charge on any atom is -0.317 e. The van der Waals surface area contributed by atoms with Gasteiger partial charge in [-0.1, -0.05) is 26.3 Å². The second kappa shape index (κ2) is 11.7. The molecule has 0 aliphatic carbocycles. The number of rotatable bonds is 4. The van der Waals surface area contributed by atoms with Crippen molar-refractivity contribution in [3.63, 3.8) is 0 Å². The molecule has 1 radical (unpaired) electrons. The predicted octanol–water partition coefficient (Wildman–Crippen LogP) is 3.04. The predicted molar refractivity (Wildman–Crippen MR) is 64.5 cm³/mol. The Balaban J connectivity index is 0. The smallest absolute Gasteiger partial charge is 0 e. The Kier molecular flexibility index (Phi) is 13.3. The first-order valence-corrected chi connectivity index (χ1v) is 5.44. The second-order valence-corrected chi connectivity index (χ2v) is 2.92. The van der Waals surface area contributed by atoms with Crippen LogP contribution < -0.4 is 5.32 Å². The van der Waals surface area contributed by atoms with Crippen molar-refractivity contribution in [2.45, 2.75) is 27.2 Å². The molecule has 1 nitrogen and oxygen atoms in total. The summed E-state index contributed by atoms with van der Waals surface area (Å²) >= 11 is 0. The van der Waals surface area contributed by atoms with Crippen LogP contribution in [0.2, 0.25) is 0 Å². The summed E-state index contributed by atoms with van der Waals surface area (Å²) in [7, 11) is 0. The van der Waals surface area contributed by atoms with Gasteiger partial charge in [0.15, 0.2) is 0 Å². The van der Waals surface area contributed by atoms with Gasteiger partial charge in [0.1, 0.15) is 0 Å². The van der Waals surface area contributed by atoms with E-state index >= 15 is 0 Å². The van der Waals surface area contributed by atoms with Gasteiger partial charge in [-0.15, -0.1) is 12.1 Å². The molecule has 0 amide bonds. The first kappa shape index (κ1) is 17.0. The molecule has 1 aromatic rings. The van der Waals surface area contributed by atoms with Crippen LogP contribution in [0.3, 0.4) is 0 Å². The van der Waals surface area contributed by atoms with E-state index in [4.69, 9.17) is 0 Å². The SMILES string of the molecule is CC.[CH2-]c1ccc(CCNCC)cc1.[V]. The van der Waals surface area contributed by atoms with Crippen LogP contribution in [0.5, 0.6) is 0 Å². The summed E-state index contributed by atoms with van der Waals surface area (Å²) in [6, 6.07) is 8.39. The van der Waals surface area contributed by atoms with E-state index in [0.29, 0.717) is 0 Å². The van der Waals surface area contributed by atoms with Gasteiger partial charge >= 0.3 is 0 Å². The van der Waals surface area contributed by atoms with Gasteiger partial charge in [-0.05, 0) is 19.5 Å². The Bertz CT molecular complexity index is 218. The molecule has 1 rings (SSSR count). The topological polar surface area (TPSA) is 12.0 Å². The molecule has 0 fully saturated rings. The van der Waals surface area contributed by atoms with E-state index in [1.165, 1.54) is 5.56 Å². The third kappa shape index (κ3) is 8.62. The molecular weight excluding hydrogens is 221 g/mol. The third-order valence-corrected chi connectivity index (χ3v) is 1.86. The van der Waals surface area contributed by atoms with Crippen LogP contribution in [0.4, 0.5) is 0 Å². The van der Waals surface area contributed by atoms with Gasteiger partial charge < -0.3 is 5.32 Å². The van der Waals surface area contributed by atoms with Crippen LogP contribution in [0.25, 0.3) is 0 Å². The van der Waals surface area contributed by atoms with Crippen molar-refractivity contribution in [3.05, 3.63) is 42.3 Å². The van der Waals surface area contributed by atoms with Gasteiger partial charge in [0.05, 0.1) is 0 Å². The summed E-state index contributed by atoms with van der Waals surface area (Å²) in [5.41, 5.74) is 2.46. The summed E-state index contributed by atoms with van der Waals surface area (Å²) < 4.78 is 0. The molecule has 0 bridgehead atoms. The van der Waals surface area contributed by atoms with Gasteiger partial charge in [-0.2, -0.15) is 24.6 Å². The maximum absolute atomic E-state index is 3.84. The fraction of sp³-hybridized carbons (Fsp3) is 0.462. The molecule has 0 aliphatic rings. The Labute approximate surface area is 107 Å². The van der Waals surface area contributed by atoms with Crippen molar-refractivity contribution in [1.82, 2.24) is 5.32 Å². The second-order valence-electron chi connectivity index (χ2n) is 2.92. The van der Waals surface area contributed by atoms with Crippen LogP contribution in [0, 0.1) is 6.92 Å². The van der Waals surface area contributed by atoms with Crippen LogP contribution >= 0.6 is 0 Å². The van der Waals surface area contributed by atoms with Gasteiger partial charge in [0.2, 0.25) is 0 Å². The number of hydrogen-bond donors (Lipinski definition) is 1. The van der Waals surface area contributed by atoms with E-state index in [9.17, 15) is 0 Å². The molecule has 0 atom stereocenters. The van der Waals surface area contributed by atoms with Crippen molar-refractivity contribution in [2.24, 2.45) is 0 Å². The summed E-state index contributed by atoms with van der Waals surface area (Å²) in [5.74, 6) is 0. The number of likely N-dealkylation sites (N-methyl/N-ethyl adjacent to an activating group) is 1. The number of benzene rings is 1. The van der Waals surface area contributed by atoms with Gasteiger partial charge in [-0.3, -0.25) is 0 Å². The largest absolute Gasteiger partial charge is 0.317 e. The molecule has 2 heteroatoms. The van der Waals surface area contributed by atoms with Gasteiger partial charge in [0.25, 0.3) is 0 Å². The van der Waals surface area contributed by atoms with Crippen LogP contribution in [-0.2, 0) is 25.0 Å². The van der Waals surface area contributed by atoms with E-state index in [0.717, 1.165) is 25.1 Å². The summed E-state index contributed by atoms with van der Waals surface area (Å²) in [4.78, 5) is 0. The van der Waals surface area contributed by atoms with E-state index in [1.54, 1.807) is 0 Å². The van der Waals surface area contributed by atoms with E-state index in [-0.39, 0.29) is 18.6 Å². The molecule has 0 saturated heterocycles. The molecule has 85 valence electrons. The molecule has 0 spiro atoms. The molecule has 15 heavy (non-hydrogen) atoms. The Morgan fingerprint density at radius 1 is 1.13 bits per heavy atom. The fourth-order valence-electron chi connectivity index (χ4n) is 1.12. The standard InChI is InChI=1S/C11H16N.C2H6.V/c1-3-12-9-8-11-6-4-10(2)5-7-11;1-2;/h4-7,12H,2-3,8-9H2,1H3;1-2H3;/q-1;;. The van der Waals surface area contributed by atoms with Crippen molar-refractivity contribution < 1.29 is 18.6 Å². The minimum absolute atomic E-state index is 0. The normalized spacial score (nSPS) is 8.47. The summed E-state index contributed by atoms with van der Waals surface area (Å²) in [6.45, 7) is 12.1. The molecule has 0 unspecified atom stereocenters. The van der Waals surface area contributed by atoms with Gasteiger partial charge in [-0.25, -0.2) is 0 Å². The third-order valence-electron chi connectivity index (χ3n) is 1.86. The molecule has 0 aromatic heterocycles. The Morgan fingerprint density at radius 2 is 1.67 bits per heavy atom. The van der Waals surface area contributed by atoms with Crippen LogP contribution in [0.1, 0.15) is 31.9 Å². The van der Waals surface area contributed by atoms with Crippen LogP contribution in [-0.4, -0.2) is 13.1 Å². The molecule has 1 aromatic carbocycles. The summed E-state index contributed by atoms with van der Waals surface area (Å²) in [5, 5.41) is 3.30. The monoisotopic (exact) mass is 243 g/mol. The zero-order chi connectivity index (χ0) is 10.8. The van der Waals surface area contributed by atoms with E-state index in [1.807, 2.05) is 13.8 Å². The van der Waals surface area contributed by atoms with Crippen molar-refractivity contribution >= 4 is 0 Å². The van der Waals surface area contributed by atoms with Gasteiger partial charge in [0, 0.05) is 18.6 Å². The maximum atomic E-state index is 3.84. The average Bonchev–Trinajstić information content (AvgIpc) is 2.24. The van der Waals surface area contributed by atoms with Crippen molar-refractivity contribution in [1.29, 1.82) is 0 Å². The van der Waals surface area contributed by atoms with E-state index in [2.05, 4.69) is 43.4 Å². The molecule has 1 N–H and O–H groups in total. The first-order chi connectivity index (χ1) is 6.83. The van der Waals surface area contributed by atoms with E-state index < -0.39 is 0 Å². The first-order valence-electron chi connectivity index (χ1n) is 5.44. The molecular formula is C13H22NV-. The summed E-state index contributed by atoms with van der Waals surface area (Å²) in [6.07, 6.45) is 1.11. The molecule has 0 saturated carbocycles. The average molecular weight is 243 g/mol. The quantitative estimate of drug-likeness (QED) is 0.633. The van der Waals surface area contributed by atoms with Crippen molar-refractivity contribution in [2.75, 3.05) is 13.1 Å². The minimum atomic E-state index is 0. The van der Waals surface area contributed by atoms with Crippen LogP contribution in [0.15, 0.2) is 24.3 Å². The Morgan fingerprint density at radius 3 is 2.13 bits per heavy atom. The van der Waals surface area contributed by atoms with Crippen molar-refractivity contribution in [3.8, 4) is 0 Å². The molecule has 0 heterocycles. The Hall–Kier alpha value is -0.366. The zero-order valence-electron chi connectivity index (χ0n) is 10.1. The number of hydrogen-bond acceptors (Lipinski definition) is 1. The number of nitrogens with one attached hydrogen (secondary N) is 1. The fourth-order valence-corrected chi connectivity index (χ4v) is 1.12.